The van der Waals surface area contributed by atoms with Crippen LogP contribution in [0, 0.1) is 0 Å². The maximum Gasteiger partial charge on any atom is 0.329 e. The molecule has 0 fully saturated rings. The van der Waals surface area contributed by atoms with E-state index in [1.807, 2.05) is 0 Å². The minimum absolute atomic E-state index is 0.484. The smallest absolute Gasteiger partial charge is 0.329 e. The Labute approximate surface area is 92.4 Å². The predicted octanol–water partition coefficient (Wildman–Crippen LogP) is 0.737. The van der Waals surface area contributed by atoms with Gasteiger partial charge < -0.3 is 15.3 Å². The highest BCUT2D eigenvalue weighted by Gasteiger charge is 2.35. The van der Waals surface area contributed by atoms with E-state index in [0.717, 1.165) is 4.90 Å². The summed E-state index contributed by atoms with van der Waals surface area (Å²) in [6, 6.07) is -0.506. The number of carboxylic acid groups (broad SMARTS) is 1. The van der Waals surface area contributed by atoms with E-state index >= 15 is 0 Å². The lowest BCUT2D eigenvalue weighted by molar-refractivity contribution is -0.146. The lowest BCUT2D eigenvalue weighted by Gasteiger charge is -2.31. The summed E-state index contributed by atoms with van der Waals surface area (Å²) in [5.41, 5.74) is -0.786. The summed E-state index contributed by atoms with van der Waals surface area (Å²) in [5, 5.41) is 17.7. The van der Waals surface area contributed by atoms with E-state index in [1.165, 1.54) is 33.3 Å². The third-order valence-corrected chi connectivity index (χ3v) is 2.42. The maximum atomic E-state index is 11.7. The zero-order chi connectivity index (χ0) is 12.3. The van der Waals surface area contributed by atoms with Crippen molar-refractivity contribution in [3.63, 3.8) is 0 Å². The quantitative estimate of drug-likeness (QED) is 0.707. The van der Waals surface area contributed by atoms with Gasteiger partial charge in [0.25, 0.3) is 0 Å². The number of urea groups is 1. The van der Waals surface area contributed by atoms with Crippen molar-refractivity contribution in [1.82, 2.24) is 15.1 Å². The Bertz CT molecular complexity index is 385. The highest BCUT2D eigenvalue weighted by Crippen LogP contribution is 2.14. The van der Waals surface area contributed by atoms with Gasteiger partial charge in [-0.05, 0) is 13.8 Å². The number of aliphatic carboxylic acids is 1. The fourth-order valence-electron chi connectivity index (χ4n) is 0.924. The molecule has 7 heteroatoms. The highest BCUT2D eigenvalue weighted by atomic mass is 16.4. The van der Waals surface area contributed by atoms with Gasteiger partial charge in [-0.25, -0.2) is 9.59 Å². The zero-order valence-corrected chi connectivity index (χ0v) is 9.31. The fraction of sp³-hybridized carbons (Fsp3) is 0.444. The summed E-state index contributed by atoms with van der Waals surface area (Å²) >= 11 is 0. The van der Waals surface area contributed by atoms with Gasteiger partial charge in [-0.2, -0.15) is 5.10 Å². The Hall–Kier alpha value is -2.05. The first-order valence-electron chi connectivity index (χ1n) is 4.62. The first kappa shape index (κ1) is 12.0. The van der Waals surface area contributed by atoms with E-state index in [4.69, 9.17) is 5.11 Å². The molecule has 0 spiro atoms. The third kappa shape index (κ3) is 2.30. The van der Waals surface area contributed by atoms with Crippen molar-refractivity contribution in [1.29, 1.82) is 0 Å². The van der Waals surface area contributed by atoms with E-state index in [0.29, 0.717) is 5.69 Å². The molecule has 1 aromatic rings. The first-order valence-corrected chi connectivity index (χ1v) is 4.62. The van der Waals surface area contributed by atoms with Gasteiger partial charge in [-0.1, -0.05) is 0 Å². The topological polar surface area (TPSA) is 98.3 Å². The third-order valence-electron chi connectivity index (χ3n) is 2.42. The Morgan fingerprint density at radius 1 is 1.56 bits per heavy atom. The lowest BCUT2D eigenvalue weighted by Crippen LogP contribution is -2.52. The van der Waals surface area contributed by atoms with Crippen LogP contribution in [-0.2, 0) is 4.79 Å². The van der Waals surface area contributed by atoms with Crippen LogP contribution in [0.15, 0.2) is 12.4 Å². The summed E-state index contributed by atoms with van der Waals surface area (Å²) in [6.07, 6.45) is 2.93. The van der Waals surface area contributed by atoms with Crippen LogP contribution >= 0.6 is 0 Å². The number of nitrogens with zero attached hydrogens (tertiary/aromatic N) is 2. The Kier molecular flexibility index (Phi) is 3.17. The van der Waals surface area contributed by atoms with E-state index < -0.39 is 17.5 Å². The van der Waals surface area contributed by atoms with Gasteiger partial charge in [0.1, 0.15) is 5.54 Å². The number of carboxylic acids is 1. The van der Waals surface area contributed by atoms with Gasteiger partial charge in [-0.15, -0.1) is 0 Å². The molecule has 3 N–H and O–H groups in total. The number of nitrogens with one attached hydrogen (secondary N) is 2. The van der Waals surface area contributed by atoms with Crippen LogP contribution in [0.25, 0.3) is 0 Å². The molecule has 0 unspecified atom stereocenters. The van der Waals surface area contributed by atoms with Crippen molar-refractivity contribution < 1.29 is 14.7 Å². The van der Waals surface area contributed by atoms with E-state index in [1.54, 1.807) is 0 Å². The molecule has 1 heterocycles. The summed E-state index contributed by atoms with van der Waals surface area (Å²) < 4.78 is 0. The number of carbonyl (C=O) groups excluding carboxylic acids is 1. The van der Waals surface area contributed by atoms with E-state index in [-0.39, 0.29) is 0 Å². The van der Waals surface area contributed by atoms with Crippen LogP contribution in [-0.4, -0.2) is 44.8 Å². The molecular weight excluding hydrogens is 212 g/mol. The molecule has 7 nitrogen and oxygen atoms in total. The summed E-state index contributed by atoms with van der Waals surface area (Å²) in [6.45, 7) is 2.90. The SMILES string of the molecule is CN(C(=O)Nc1cn[nH]c1)C(C)(C)C(=O)O. The minimum atomic E-state index is -1.27. The Balaban J connectivity index is 2.71. The van der Waals surface area contributed by atoms with Crippen molar-refractivity contribution in [2.45, 2.75) is 19.4 Å². The Morgan fingerprint density at radius 2 is 2.19 bits per heavy atom. The average Bonchev–Trinajstić information content (AvgIpc) is 2.68. The maximum absolute atomic E-state index is 11.7. The molecule has 0 aliphatic heterocycles. The van der Waals surface area contributed by atoms with Gasteiger partial charge in [0.15, 0.2) is 0 Å². The van der Waals surface area contributed by atoms with Crippen LogP contribution < -0.4 is 5.32 Å². The number of hydrogen-bond acceptors (Lipinski definition) is 3. The highest BCUT2D eigenvalue weighted by molar-refractivity contribution is 5.93. The van der Waals surface area contributed by atoms with Gasteiger partial charge in [0.2, 0.25) is 0 Å². The molecular formula is C9H14N4O3. The number of H-pyrrole nitrogens is 1. The largest absolute Gasteiger partial charge is 0.480 e. The van der Waals surface area contributed by atoms with Gasteiger partial charge >= 0.3 is 12.0 Å². The van der Waals surface area contributed by atoms with Gasteiger partial charge in [-0.3, -0.25) is 5.10 Å². The fourth-order valence-corrected chi connectivity index (χ4v) is 0.924. The molecule has 2 amide bonds. The number of hydrogen-bond donors (Lipinski definition) is 3. The molecule has 0 radical (unpaired) electrons. The predicted molar refractivity (Wildman–Crippen MR) is 57.1 cm³/mol. The lowest BCUT2D eigenvalue weighted by atomic mass is 10.1. The van der Waals surface area contributed by atoms with Crippen LogP contribution in [0.4, 0.5) is 10.5 Å². The van der Waals surface area contributed by atoms with Crippen molar-refractivity contribution in [3.05, 3.63) is 12.4 Å². The minimum Gasteiger partial charge on any atom is -0.480 e. The summed E-state index contributed by atoms with van der Waals surface area (Å²) in [5.74, 6) is -1.07. The van der Waals surface area contributed by atoms with Crippen molar-refractivity contribution in [2.24, 2.45) is 0 Å². The second-order valence-corrected chi connectivity index (χ2v) is 3.84. The van der Waals surface area contributed by atoms with Crippen LogP contribution in [0.5, 0.6) is 0 Å². The molecule has 16 heavy (non-hydrogen) atoms. The number of aromatic amines is 1. The van der Waals surface area contributed by atoms with Crippen molar-refractivity contribution in [2.75, 3.05) is 12.4 Å². The number of amides is 2. The number of aromatic nitrogens is 2. The molecule has 1 aromatic heterocycles. The van der Waals surface area contributed by atoms with Crippen LogP contribution in [0.3, 0.4) is 0 Å². The molecule has 0 saturated heterocycles. The molecule has 88 valence electrons. The second-order valence-electron chi connectivity index (χ2n) is 3.84. The van der Waals surface area contributed by atoms with Crippen LogP contribution in [0.1, 0.15) is 13.8 Å². The number of carbonyl (C=O) groups is 2. The second kappa shape index (κ2) is 4.21. The van der Waals surface area contributed by atoms with Crippen molar-refractivity contribution >= 4 is 17.7 Å². The normalized spacial score (nSPS) is 10.9. The summed E-state index contributed by atoms with van der Waals surface area (Å²) in [4.78, 5) is 23.7. The van der Waals surface area contributed by atoms with E-state index in [9.17, 15) is 9.59 Å². The van der Waals surface area contributed by atoms with Gasteiger partial charge in [0.05, 0.1) is 11.9 Å². The van der Waals surface area contributed by atoms with Gasteiger partial charge in [0, 0.05) is 13.2 Å². The molecule has 0 saturated carbocycles. The standard InChI is InChI=1S/C9H14N4O3/c1-9(2,7(14)15)13(3)8(16)12-6-4-10-11-5-6/h4-5H,1-3H3,(H,10,11)(H,12,16)(H,14,15). The van der Waals surface area contributed by atoms with Crippen molar-refractivity contribution in [3.8, 4) is 0 Å². The number of anilines is 1. The first-order chi connectivity index (χ1) is 7.35. The molecule has 0 aliphatic rings. The molecule has 0 aromatic carbocycles. The zero-order valence-electron chi connectivity index (χ0n) is 9.31. The molecule has 0 atom stereocenters. The number of likely N-dealkylation sites (N-methyl/N-ethyl adjacent to an activating group) is 1. The number of rotatable bonds is 3. The summed E-state index contributed by atoms with van der Waals surface area (Å²) in [7, 11) is 1.42. The Morgan fingerprint density at radius 3 is 2.62 bits per heavy atom. The average molecular weight is 226 g/mol. The van der Waals surface area contributed by atoms with Crippen LogP contribution in [0.2, 0.25) is 0 Å². The molecule has 0 bridgehead atoms. The monoisotopic (exact) mass is 226 g/mol. The van der Waals surface area contributed by atoms with E-state index in [2.05, 4.69) is 15.5 Å². The molecule has 0 aliphatic carbocycles. The molecule has 1 rings (SSSR count).